The Morgan fingerprint density at radius 1 is 1.30 bits per heavy atom. The number of pyridine rings is 1. The van der Waals surface area contributed by atoms with Crippen LogP contribution in [0.2, 0.25) is 0 Å². The van der Waals surface area contributed by atoms with Crippen molar-refractivity contribution in [2.75, 3.05) is 6.79 Å². The molecule has 0 radical (unpaired) electrons. The van der Waals surface area contributed by atoms with Crippen LogP contribution in [0.15, 0.2) is 29.2 Å². The van der Waals surface area contributed by atoms with Gasteiger partial charge in [0.05, 0.1) is 0 Å². The van der Waals surface area contributed by atoms with E-state index in [0.29, 0.717) is 17.1 Å². The second-order valence-corrected chi connectivity index (χ2v) is 4.66. The van der Waals surface area contributed by atoms with E-state index >= 15 is 0 Å². The van der Waals surface area contributed by atoms with Gasteiger partial charge in [-0.3, -0.25) is 4.79 Å². The minimum absolute atomic E-state index is 0.145. The summed E-state index contributed by atoms with van der Waals surface area (Å²) in [4.78, 5) is 12.1. The van der Waals surface area contributed by atoms with E-state index in [1.54, 1.807) is 25.4 Å². The van der Waals surface area contributed by atoms with E-state index in [1.165, 1.54) is 4.57 Å². The van der Waals surface area contributed by atoms with E-state index in [9.17, 15) is 10.1 Å². The standard InChI is InChI=1S/C15H12N2O3/c1-9-7-17(2)15(18)11(6-16)14(9)10-3-4-12-13(5-10)20-8-19-12/h3-5,7H,8H2,1-2H3. The first-order chi connectivity index (χ1) is 9.61. The molecule has 100 valence electrons. The molecule has 0 saturated carbocycles. The van der Waals surface area contributed by atoms with Gasteiger partial charge in [-0.1, -0.05) is 6.07 Å². The second kappa shape index (κ2) is 4.42. The lowest BCUT2D eigenvalue weighted by atomic mass is 9.97. The van der Waals surface area contributed by atoms with Crippen molar-refractivity contribution in [2.24, 2.45) is 7.05 Å². The van der Waals surface area contributed by atoms with Crippen LogP contribution in [0.3, 0.4) is 0 Å². The number of aromatic nitrogens is 1. The maximum atomic E-state index is 12.1. The van der Waals surface area contributed by atoms with Crippen LogP contribution >= 0.6 is 0 Å². The van der Waals surface area contributed by atoms with Gasteiger partial charge in [-0.2, -0.15) is 5.26 Å². The summed E-state index contributed by atoms with van der Waals surface area (Å²) in [5, 5.41) is 9.28. The molecule has 0 amide bonds. The van der Waals surface area contributed by atoms with E-state index in [4.69, 9.17) is 9.47 Å². The summed E-state index contributed by atoms with van der Waals surface area (Å²) in [6.07, 6.45) is 1.73. The average molecular weight is 268 g/mol. The fourth-order valence-corrected chi connectivity index (χ4v) is 2.42. The highest BCUT2D eigenvalue weighted by atomic mass is 16.7. The lowest BCUT2D eigenvalue weighted by Crippen LogP contribution is -2.20. The molecule has 2 aromatic rings. The number of hydrogen-bond donors (Lipinski definition) is 0. The lowest BCUT2D eigenvalue weighted by Gasteiger charge is -2.10. The third kappa shape index (κ3) is 1.74. The fraction of sp³-hybridized carbons (Fsp3) is 0.200. The Labute approximate surface area is 115 Å². The highest BCUT2D eigenvalue weighted by Crippen LogP contribution is 2.37. The van der Waals surface area contributed by atoms with Gasteiger partial charge < -0.3 is 14.0 Å². The van der Waals surface area contributed by atoms with Crippen LogP contribution in [0.4, 0.5) is 0 Å². The molecule has 0 spiro atoms. The number of nitriles is 1. The number of ether oxygens (including phenoxy) is 2. The van der Waals surface area contributed by atoms with Crippen molar-refractivity contribution in [3.8, 4) is 28.7 Å². The first kappa shape index (κ1) is 12.3. The van der Waals surface area contributed by atoms with Crippen LogP contribution in [0, 0.1) is 18.3 Å². The molecule has 1 aromatic heterocycles. The van der Waals surface area contributed by atoms with Gasteiger partial charge in [-0.25, -0.2) is 0 Å². The van der Waals surface area contributed by atoms with E-state index < -0.39 is 0 Å². The molecule has 3 rings (SSSR count). The SMILES string of the molecule is Cc1cn(C)c(=O)c(C#N)c1-c1ccc2c(c1)OCO2. The average Bonchev–Trinajstić information content (AvgIpc) is 2.89. The van der Waals surface area contributed by atoms with Crippen LogP contribution in [0.25, 0.3) is 11.1 Å². The van der Waals surface area contributed by atoms with Gasteiger partial charge in [0.1, 0.15) is 11.6 Å². The first-order valence-electron chi connectivity index (χ1n) is 6.12. The normalized spacial score (nSPS) is 12.2. The second-order valence-electron chi connectivity index (χ2n) is 4.66. The largest absolute Gasteiger partial charge is 0.454 e. The Bertz CT molecular complexity index is 800. The van der Waals surface area contributed by atoms with Gasteiger partial charge in [-0.15, -0.1) is 0 Å². The summed E-state index contributed by atoms with van der Waals surface area (Å²) in [5.41, 5.74) is 2.13. The number of rotatable bonds is 1. The Balaban J connectivity index is 2.28. The number of fused-ring (bicyclic) bond motifs is 1. The summed E-state index contributed by atoms with van der Waals surface area (Å²) in [6.45, 7) is 2.07. The smallest absolute Gasteiger partial charge is 0.268 e. The molecular formula is C15H12N2O3. The summed E-state index contributed by atoms with van der Waals surface area (Å²) in [6, 6.07) is 7.42. The molecule has 0 atom stereocenters. The van der Waals surface area contributed by atoms with Gasteiger partial charge in [0, 0.05) is 18.8 Å². The van der Waals surface area contributed by atoms with Crippen molar-refractivity contribution in [1.29, 1.82) is 5.26 Å². The number of nitrogens with zero attached hydrogens (tertiary/aromatic N) is 2. The molecule has 1 aliphatic rings. The predicted octanol–water partition coefficient (Wildman–Crippen LogP) is 1.96. The zero-order chi connectivity index (χ0) is 14.3. The molecule has 1 aliphatic heterocycles. The Hall–Kier alpha value is -2.74. The summed E-state index contributed by atoms with van der Waals surface area (Å²) in [7, 11) is 1.64. The van der Waals surface area contributed by atoms with E-state index in [0.717, 1.165) is 11.1 Å². The highest BCUT2D eigenvalue weighted by Gasteiger charge is 2.18. The molecule has 0 N–H and O–H groups in total. The maximum Gasteiger partial charge on any atom is 0.268 e. The van der Waals surface area contributed by atoms with E-state index in [1.807, 2.05) is 19.1 Å². The zero-order valence-electron chi connectivity index (χ0n) is 11.1. The van der Waals surface area contributed by atoms with Crippen LogP contribution < -0.4 is 15.0 Å². The van der Waals surface area contributed by atoms with Gasteiger partial charge in [-0.05, 0) is 30.2 Å². The van der Waals surface area contributed by atoms with Crippen molar-refractivity contribution < 1.29 is 9.47 Å². The molecule has 0 aliphatic carbocycles. The van der Waals surface area contributed by atoms with Crippen molar-refractivity contribution in [2.45, 2.75) is 6.92 Å². The Morgan fingerprint density at radius 2 is 2.05 bits per heavy atom. The van der Waals surface area contributed by atoms with Crippen LogP contribution in [0.1, 0.15) is 11.1 Å². The minimum Gasteiger partial charge on any atom is -0.454 e. The lowest BCUT2D eigenvalue weighted by molar-refractivity contribution is 0.174. The number of hydrogen-bond acceptors (Lipinski definition) is 4. The molecule has 1 aromatic carbocycles. The van der Waals surface area contributed by atoms with Crippen molar-refractivity contribution in [3.05, 3.63) is 45.9 Å². The molecular weight excluding hydrogens is 256 g/mol. The first-order valence-corrected chi connectivity index (χ1v) is 6.12. The third-order valence-electron chi connectivity index (χ3n) is 3.34. The number of aryl methyl sites for hydroxylation is 2. The maximum absolute atomic E-state index is 12.1. The zero-order valence-corrected chi connectivity index (χ0v) is 11.1. The molecule has 0 saturated heterocycles. The number of benzene rings is 1. The summed E-state index contributed by atoms with van der Waals surface area (Å²) in [5.74, 6) is 1.31. The summed E-state index contributed by atoms with van der Waals surface area (Å²) >= 11 is 0. The van der Waals surface area contributed by atoms with Gasteiger partial charge >= 0.3 is 0 Å². The monoisotopic (exact) mass is 268 g/mol. The Kier molecular flexibility index (Phi) is 2.72. The highest BCUT2D eigenvalue weighted by molar-refractivity contribution is 5.75. The minimum atomic E-state index is -0.300. The Morgan fingerprint density at radius 3 is 2.80 bits per heavy atom. The van der Waals surface area contributed by atoms with E-state index in [-0.39, 0.29) is 17.9 Å². The van der Waals surface area contributed by atoms with Crippen LogP contribution in [-0.4, -0.2) is 11.4 Å². The molecule has 2 heterocycles. The molecule has 0 fully saturated rings. The van der Waals surface area contributed by atoms with Gasteiger partial charge in [0.2, 0.25) is 6.79 Å². The molecule has 5 heteroatoms. The molecule has 0 unspecified atom stereocenters. The quantitative estimate of drug-likeness (QED) is 0.793. The summed E-state index contributed by atoms with van der Waals surface area (Å²) < 4.78 is 12.0. The van der Waals surface area contributed by atoms with Crippen LogP contribution in [0.5, 0.6) is 11.5 Å². The van der Waals surface area contributed by atoms with Crippen molar-refractivity contribution in [3.63, 3.8) is 0 Å². The van der Waals surface area contributed by atoms with Crippen LogP contribution in [-0.2, 0) is 7.05 Å². The predicted molar refractivity (Wildman–Crippen MR) is 72.7 cm³/mol. The van der Waals surface area contributed by atoms with Gasteiger partial charge in [0.15, 0.2) is 11.5 Å². The topological polar surface area (TPSA) is 64.2 Å². The molecule has 5 nitrogen and oxygen atoms in total. The molecule has 0 bridgehead atoms. The third-order valence-corrected chi connectivity index (χ3v) is 3.34. The van der Waals surface area contributed by atoms with Crippen molar-refractivity contribution in [1.82, 2.24) is 4.57 Å². The van der Waals surface area contributed by atoms with E-state index in [2.05, 4.69) is 0 Å². The van der Waals surface area contributed by atoms with Gasteiger partial charge in [0.25, 0.3) is 5.56 Å². The molecule has 20 heavy (non-hydrogen) atoms. The van der Waals surface area contributed by atoms with Crippen molar-refractivity contribution >= 4 is 0 Å². The fourth-order valence-electron chi connectivity index (χ4n) is 2.42.